The van der Waals surface area contributed by atoms with Crippen LogP contribution in [-0.4, -0.2) is 38.1 Å². The number of ether oxygens (including phenoxy) is 2. The predicted octanol–water partition coefficient (Wildman–Crippen LogP) is 3.00. The van der Waals surface area contributed by atoms with E-state index in [1.54, 1.807) is 18.2 Å². The maximum absolute atomic E-state index is 12.4. The molecule has 3 rings (SSSR count). The largest absolute Gasteiger partial charge is 0.482 e. The number of hydrogen-bond donors (Lipinski definition) is 0. The van der Waals surface area contributed by atoms with Crippen LogP contribution in [-0.2, 0) is 20.9 Å². The molecule has 0 bridgehead atoms. The summed E-state index contributed by atoms with van der Waals surface area (Å²) in [6, 6.07) is 15.1. The van der Waals surface area contributed by atoms with Gasteiger partial charge in [0.2, 0.25) is 0 Å². The number of carbonyl (C=O) groups excluding carboxylic acids is 2. The number of para-hydroxylation sites is 3. The lowest BCUT2D eigenvalue weighted by molar-refractivity contribution is -0.144. The first kappa shape index (κ1) is 18.8. The molecule has 0 N–H and O–H groups in total. The summed E-state index contributed by atoms with van der Waals surface area (Å²) in [4.78, 5) is 28.2. The summed E-state index contributed by atoms with van der Waals surface area (Å²) in [5, 5.41) is 0. The van der Waals surface area contributed by atoms with Crippen LogP contribution in [0.25, 0.3) is 0 Å². The van der Waals surface area contributed by atoms with Crippen molar-refractivity contribution in [2.24, 2.45) is 0 Å². The third-order valence-electron chi connectivity index (χ3n) is 4.58. The Morgan fingerprint density at radius 3 is 2.59 bits per heavy atom. The Hall–Kier alpha value is -3.02. The minimum Gasteiger partial charge on any atom is -0.482 e. The summed E-state index contributed by atoms with van der Waals surface area (Å²) in [5.74, 6) is -0.111. The molecule has 0 saturated heterocycles. The maximum Gasteiger partial charge on any atom is 0.326 e. The van der Waals surface area contributed by atoms with Crippen LogP contribution < -0.4 is 14.5 Å². The van der Waals surface area contributed by atoms with Gasteiger partial charge in [0.05, 0.1) is 5.69 Å². The molecule has 1 aliphatic rings. The molecule has 0 radical (unpaired) electrons. The number of carbonyl (C=O) groups is 2. The molecule has 2 aromatic rings. The van der Waals surface area contributed by atoms with E-state index in [1.165, 1.54) is 4.90 Å². The maximum atomic E-state index is 12.4. The summed E-state index contributed by atoms with van der Waals surface area (Å²) in [5.41, 5.74) is 2.60. The lowest BCUT2D eigenvalue weighted by Gasteiger charge is -2.28. The van der Waals surface area contributed by atoms with Gasteiger partial charge in [0.15, 0.2) is 6.61 Å². The van der Waals surface area contributed by atoms with Gasteiger partial charge < -0.3 is 14.4 Å². The Kier molecular flexibility index (Phi) is 5.96. The van der Waals surface area contributed by atoms with Crippen LogP contribution in [0, 0.1) is 0 Å². The number of nitrogens with zero attached hydrogens (tertiary/aromatic N) is 2. The number of rotatable bonds is 7. The van der Waals surface area contributed by atoms with Crippen molar-refractivity contribution >= 4 is 23.3 Å². The van der Waals surface area contributed by atoms with Gasteiger partial charge in [-0.25, -0.2) is 0 Å². The van der Waals surface area contributed by atoms with E-state index in [-0.39, 0.29) is 25.7 Å². The predicted molar refractivity (Wildman–Crippen MR) is 104 cm³/mol. The lowest BCUT2D eigenvalue weighted by atomic mass is 10.1. The number of amides is 1. The van der Waals surface area contributed by atoms with Gasteiger partial charge in [-0.05, 0) is 32.0 Å². The van der Waals surface area contributed by atoms with E-state index >= 15 is 0 Å². The highest BCUT2D eigenvalue weighted by molar-refractivity contribution is 6.01. The number of hydrogen-bond acceptors (Lipinski definition) is 5. The smallest absolute Gasteiger partial charge is 0.326 e. The summed E-state index contributed by atoms with van der Waals surface area (Å²) >= 11 is 0. The van der Waals surface area contributed by atoms with Crippen molar-refractivity contribution in [3.63, 3.8) is 0 Å². The van der Waals surface area contributed by atoms with Gasteiger partial charge in [-0.2, -0.15) is 0 Å². The first-order valence-corrected chi connectivity index (χ1v) is 9.14. The van der Waals surface area contributed by atoms with Crippen LogP contribution in [0.2, 0.25) is 0 Å². The molecule has 1 aliphatic heterocycles. The van der Waals surface area contributed by atoms with Crippen LogP contribution in [0.15, 0.2) is 48.5 Å². The van der Waals surface area contributed by atoms with Crippen LogP contribution in [0.3, 0.4) is 0 Å². The Balaban J connectivity index is 1.67. The molecule has 1 heterocycles. The zero-order valence-electron chi connectivity index (χ0n) is 15.7. The highest BCUT2D eigenvalue weighted by Crippen LogP contribution is 2.31. The van der Waals surface area contributed by atoms with Gasteiger partial charge in [-0.15, -0.1) is 0 Å². The molecule has 0 fully saturated rings. The van der Waals surface area contributed by atoms with Gasteiger partial charge in [0.1, 0.15) is 18.9 Å². The quantitative estimate of drug-likeness (QED) is 0.703. The minimum absolute atomic E-state index is 0.0743. The van der Waals surface area contributed by atoms with Crippen molar-refractivity contribution in [3.05, 3.63) is 54.1 Å². The average Bonchev–Trinajstić information content (AvgIpc) is 2.70. The van der Waals surface area contributed by atoms with Crippen molar-refractivity contribution in [2.75, 3.05) is 36.0 Å². The van der Waals surface area contributed by atoms with E-state index in [2.05, 4.69) is 18.7 Å². The van der Waals surface area contributed by atoms with E-state index < -0.39 is 5.97 Å². The standard InChI is InChI=1S/C21H24N2O4/c1-3-22(4-2)17-10-6-5-9-16(17)14-27-21(25)13-23-18-11-7-8-12-19(18)26-15-20(23)24/h5-12H,3-4,13-15H2,1-2H3. The molecule has 0 atom stereocenters. The molecular formula is C21H24N2O4. The van der Waals surface area contributed by atoms with E-state index in [9.17, 15) is 9.59 Å². The van der Waals surface area contributed by atoms with E-state index in [0.29, 0.717) is 11.4 Å². The summed E-state index contributed by atoms with van der Waals surface area (Å²) in [7, 11) is 0. The third-order valence-corrected chi connectivity index (χ3v) is 4.58. The van der Waals surface area contributed by atoms with Crippen LogP contribution in [0.5, 0.6) is 5.75 Å². The molecule has 0 saturated carbocycles. The van der Waals surface area contributed by atoms with Gasteiger partial charge in [-0.1, -0.05) is 30.3 Å². The Morgan fingerprint density at radius 2 is 1.81 bits per heavy atom. The van der Waals surface area contributed by atoms with Crippen LogP contribution in [0.1, 0.15) is 19.4 Å². The van der Waals surface area contributed by atoms with Crippen LogP contribution in [0.4, 0.5) is 11.4 Å². The summed E-state index contributed by atoms with van der Waals surface area (Å²) in [6.07, 6.45) is 0. The molecule has 6 nitrogen and oxygen atoms in total. The molecule has 6 heteroatoms. The number of esters is 1. The van der Waals surface area contributed by atoms with Crippen molar-refractivity contribution in [3.8, 4) is 5.75 Å². The van der Waals surface area contributed by atoms with Crippen molar-refractivity contribution in [1.82, 2.24) is 0 Å². The second-order valence-corrected chi connectivity index (χ2v) is 6.20. The molecule has 0 aromatic heterocycles. The fraction of sp³-hybridized carbons (Fsp3) is 0.333. The first-order chi connectivity index (χ1) is 13.1. The Bertz CT molecular complexity index is 817. The topological polar surface area (TPSA) is 59.1 Å². The van der Waals surface area contributed by atoms with Crippen LogP contribution >= 0.6 is 0 Å². The first-order valence-electron chi connectivity index (χ1n) is 9.14. The zero-order valence-corrected chi connectivity index (χ0v) is 15.7. The fourth-order valence-electron chi connectivity index (χ4n) is 3.17. The molecule has 1 amide bonds. The SMILES string of the molecule is CCN(CC)c1ccccc1COC(=O)CN1C(=O)COc2ccccc21. The van der Waals surface area contributed by atoms with E-state index in [0.717, 1.165) is 24.3 Å². The Labute approximate surface area is 159 Å². The van der Waals surface area contributed by atoms with Crippen molar-refractivity contribution in [2.45, 2.75) is 20.5 Å². The number of fused-ring (bicyclic) bond motifs is 1. The number of benzene rings is 2. The third kappa shape index (κ3) is 4.22. The Morgan fingerprint density at radius 1 is 1.11 bits per heavy atom. The molecule has 0 unspecified atom stereocenters. The van der Waals surface area contributed by atoms with Gasteiger partial charge in [-0.3, -0.25) is 14.5 Å². The highest BCUT2D eigenvalue weighted by Gasteiger charge is 2.27. The fourth-order valence-corrected chi connectivity index (χ4v) is 3.17. The molecule has 27 heavy (non-hydrogen) atoms. The average molecular weight is 368 g/mol. The van der Waals surface area contributed by atoms with Crippen molar-refractivity contribution in [1.29, 1.82) is 0 Å². The molecule has 0 spiro atoms. The second-order valence-electron chi connectivity index (χ2n) is 6.20. The minimum atomic E-state index is -0.450. The number of anilines is 2. The second kappa shape index (κ2) is 8.58. The lowest BCUT2D eigenvalue weighted by Crippen LogP contribution is -2.42. The van der Waals surface area contributed by atoms with Crippen molar-refractivity contribution < 1.29 is 19.1 Å². The van der Waals surface area contributed by atoms with Gasteiger partial charge in [0.25, 0.3) is 5.91 Å². The zero-order chi connectivity index (χ0) is 19.2. The summed E-state index contributed by atoms with van der Waals surface area (Å²) in [6.45, 7) is 5.90. The molecule has 2 aromatic carbocycles. The molecule has 142 valence electrons. The van der Waals surface area contributed by atoms with E-state index in [4.69, 9.17) is 9.47 Å². The highest BCUT2D eigenvalue weighted by atomic mass is 16.5. The monoisotopic (exact) mass is 368 g/mol. The molecule has 0 aliphatic carbocycles. The molecular weight excluding hydrogens is 344 g/mol. The normalized spacial score (nSPS) is 13.0. The van der Waals surface area contributed by atoms with E-state index in [1.807, 2.05) is 30.3 Å². The van der Waals surface area contributed by atoms with Gasteiger partial charge >= 0.3 is 5.97 Å². The van der Waals surface area contributed by atoms with Gasteiger partial charge in [0, 0.05) is 24.3 Å². The summed E-state index contributed by atoms with van der Waals surface area (Å²) < 4.78 is 10.9.